The van der Waals surface area contributed by atoms with Gasteiger partial charge in [-0.15, -0.1) is 0 Å². The Morgan fingerprint density at radius 3 is 2.42 bits per heavy atom. The van der Waals surface area contributed by atoms with Crippen molar-refractivity contribution < 1.29 is 14.0 Å². The molecule has 1 heterocycles. The Morgan fingerprint density at radius 2 is 1.81 bits per heavy atom. The van der Waals surface area contributed by atoms with E-state index in [1.165, 1.54) is 25.0 Å². The van der Waals surface area contributed by atoms with Crippen LogP contribution in [0.5, 0.6) is 0 Å². The zero-order chi connectivity index (χ0) is 18.5. The second-order valence-corrected chi connectivity index (χ2v) is 7.19. The van der Waals surface area contributed by atoms with E-state index in [1.54, 1.807) is 17.0 Å². The molecule has 3 rings (SSSR count). The van der Waals surface area contributed by atoms with E-state index in [2.05, 4.69) is 10.2 Å². The quantitative estimate of drug-likeness (QED) is 0.875. The molecule has 2 fully saturated rings. The van der Waals surface area contributed by atoms with Crippen molar-refractivity contribution in [3.8, 4) is 0 Å². The van der Waals surface area contributed by atoms with Gasteiger partial charge in [0, 0.05) is 32.7 Å². The number of likely N-dealkylation sites (N-methyl/N-ethyl adjacent to an activating group) is 1. The van der Waals surface area contributed by atoms with Crippen molar-refractivity contribution in [3.63, 3.8) is 0 Å². The van der Waals surface area contributed by atoms with E-state index in [4.69, 9.17) is 0 Å². The Kier molecular flexibility index (Phi) is 6.25. The number of amides is 2. The first-order valence-corrected chi connectivity index (χ1v) is 9.67. The van der Waals surface area contributed by atoms with Gasteiger partial charge < -0.3 is 10.2 Å². The molecule has 0 aromatic heterocycles. The normalized spacial score (nSPS) is 20.2. The third-order valence-electron chi connectivity index (χ3n) is 5.57. The Morgan fingerprint density at radius 1 is 1.15 bits per heavy atom. The van der Waals surface area contributed by atoms with Gasteiger partial charge in [-0.2, -0.15) is 0 Å². The smallest absolute Gasteiger partial charge is 0.256 e. The van der Waals surface area contributed by atoms with E-state index in [0.29, 0.717) is 38.6 Å². The van der Waals surface area contributed by atoms with Gasteiger partial charge in [0.15, 0.2) is 0 Å². The summed E-state index contributed by atoms with van der Waals surface area (Å²) in [6.07, 6.45) is 4.56. The van der Waals surface area contributed by atoms with E-state index in [9.17, 15) is 14.0 Å². The first-order valence-electron chi connectivity index (χ1n) is 9.67. The molecule has 1 aliphatic carbocycles. The molecule has 1 saturated heterocycles. The average Bonchev–Trinajstić information content (AvgIpc) is 3.17. The number of hydrogen-bond acceptors (Lipinski definition) is 3. The molecular weight excluding hydrogens is 333 g/mol. The van der Waals surface area contributed by atoms with Crippen LogP contribution in [0, 0.1) is 11.7 Å². The van der Waals surface area contributed by atoms with E-state index >= 15 is 0 Å². The second-order valence-electron chi connectivity index (χ2n) is 7.19. The van der Waals surface area contributed by atoms with Gasteiger partial charge in [0.2, 0.25) is 5.91 Å². The maximum Gasteiger partial charge on any atom is 0.256 e. The third-order valence-corrected chi connectivity index (χ3v) is 5.57. The van der Waals surface area contributed by atoms with Gasteiger partial charge in [0.1, 0.15) is 5.82 Å². The van der Waals surface area contributed by atoms with Gasteiger partial charge in [0.05, 0.1) is 11.6 Å². The molecule has 142 valence electrons. The molecule has 26 heavy (non-hydrogen) atoms. The van der Waals surface area contributed by atoms with Crippen LogP contribution in [-0.4, -0.2) is 60.4 Å². The molecule has 5 nitrogen and oxygen atoms in total. The number of carbonyl (C=O) groups excluding carboxylic acids is 2. The minimum absolute atomic E-state index is 0.105. The number of nitrogens with zero attached hydrogens (tertiary/aromatic N) is 2. The molecule has 0 bridgehead atoms. The number of nitrogens with one attached hydrogen (secondary N) is 1. The lowest BCUT2D eigenvalue weighted by atomic mass is 9.95. The summed E-state index contributed by atoms with van der Waals surface area (Å²) in [4.78, 5) is 29.1. The van der Waals surface area contributed by atoms with Crippen molar-refractivity contribution in [1.82, 2.24) is 15.1 Å². The Hall–Kier alpha value is -1.95. The Labute approximate surface area is 154 Å². The Balaban J connectivity index is 1.65. The summed E-state index contributed by atoms with van der Waals surface area (Å²) < 4.78 is 13.9. The van der Waals surface area contributed by atoms with Crippen molar-refractivity contribution in [2.24, 2.45) is 5.92 Å². The van der Waals surface area contributed by atoms with Crippen molar-refractivity contribution in [2.75, 3.05) is 32.7 Å². The molecule has 1 aromatic rings. The number of benzene rings is 1. The number of piperazine rings is 1. The molecule has 0 radical (unpaired) electrons. The zero-order valence-corrected chi connectivity index (χ0v) is 15.4. The third kappa shape index (κ3) is 4.06. The standard InChI is InChI=1S/C20H28FN3O2/c1-2-22-19(25)18(15-7-3-4-8-15)23-11-13-24(14-12-23)20(26)16-9-5-6-10-17(16)21/h5-6,9-10,15,18H,2-4,7-8,11-14H2,1H3,(H,22,25). The molecule has 1 atom stereocenters. The van der Waals surface area contributed by atoms with Crippen molar-refractivity contribution in [2.45, 2.75) is 38.6 Å². The predicted octanol–water partition coefficient (Wildman–Crippen LogP) is 2.28. The largest absolute Gasteiger partial charge is 0.355 e. The van der Waals surface area contributed by atoms with Gasteiger partial charge in [-0.1, -0.05) is 25.0 Å². The topological polar surface area (TPSA) is 52.7 Å². The van der Waals surface area contributed by atoms with Gasteiger partial charge in [0.25, 0.3) is 5.91 Å². The highest BCUT2D eigenvalue weighted by Gasteiger charge is 2.37. The molecule has 2 aliphatic rings. The lowest BCUT2D eigenvalue weighted by Crippen LogP contribution is -2.58. The highest BCUT2D eigenvalue weighted by atomic mass is 19.1. The fourth-order valence-electron chi connectivity index (χ4n) is 4.24. The number of halogens is 1. The number of rotatable bonds is 5. The van der Waals surface area contributed by atoms with Crippen LogP contribution in [0.1, 0.15) is 43.0 Å². The summed E-state index contributed by atoms with van der Waals surface area (Å²) in [6.45, 7) is 4.92. The van der Waals surface area contributed by atoms with Crippen LogP contribution in [0.2, 0.25) is 0 Å². The van der Waals surface area contributed by atoms with Gasteiger partial charge in [-0.25, -0.2) is 4.39 Å². The minimum Gasteiger partial charge on any atom is -0.355 e. The molecule has 1 saturated carbocycles. The molecular formula is C20H28FN3O2. The van der Waals surface area contributed by atoms with E-state index in [-0.39, 0.29) is 23.4 Å². The van der Waals surface area contributed by atoms with Crippen LogP contribution >= 0.6 is 0 Å². The van der Waals surface area contributed by atoms with Crippen LogP contribution in [0.15, 0.2) is 24.3 Å². The van der Waals surface area contributed by atoms with E-state index < -0.39 is 5.82 Å². The van der Waals surface area contributed by atoms with Crippen LogP contribution in [0.3, 0.4) is 0 Å². The summed E-state index contributed by atoms with van der Waals surface area (Å²) in [5.41, 5.74) is 0.122. The average molecular weight is 361 g/mol. The summed E-state index contributed by atoms with van der Waals surface area (Å²) in [6, 6.07) is 6.00. The number of hydrogen-bond donors (Lipinski definition) is 1. The maximum atomic E-state index is 13.9. The first-order chi connectivity index (χ1) is 12.6. The summed E-state index contributed by atoms with van der Waals surface area (Å²) in [5, 5.41) is 2.98. The highest BCUT2D eigenvalue weighted by Crippen LogP contribution is 2.31. The number of carbonyl (C=O) groups is 2. The highest BCUT2D eigenvalue weighted by molar-refractivity contribution is 5.94. The van der Waals surface area contributed by atoms with Gasteiger partial charge >= 0.3 is 0 Å². The van der Waals surface area contributed by atoms with E-state index in [1.807, 2.05) is 6.92 Å². The molecule has 1 unspecified atom stereocenters. The minimum atomic E-state index is -0.480. The molecule has 0 spiro atoms. The molecule has 1 aromatic carbocycles. The van der Waals surface area contributed by atoms with E-state index in [0.717, 1.165) is 12.8 Å². The Bertz CT molecular complexity index is 638. The van der Waals surface area contributed by atoms with Crippen LogP contribution in [-0.2, 0) is 4.79 Å². The fourth-order valence-corrected chi connectivity index (χ4v) is 4.24. The van der Waals surface area contributed by atoms with Crippen molar-refractivity contribution in [1.29, 1.82) is 0 Å². The van der Waals surface area contributed by atoms with Crippen LogP contribution in [0.25, 0.3) is 0 Å². The van der Waals surface area contributed by atoms with Crippen LogP contribution in [0.4, 0.5) is 4.39 Å². The summed E-state index contributed by atoms with van der Waals surface area (Å²) in [7, 11) is 0. The molecule has 1 aliphatic heterocycles. The zero-order valence-electron chi connectivity index (χ0n) is 15.4. The SMILES string of the molecule is CCNC(=O)C(C1CCCC1)N1CCN(C(=O)c2ccccc2F)CC1. The van der Waals surface area contributed by atoms with Crippen LogP contribution < -0.4 is 5.32 Å². The lowest BCUT2D eigenvalue weighted by Gasteiger charge is -2.40. The molecule has 2 amide bonds. The fraction of sp³-hybridized carbons (Fsp3) is 0.600. The second kappa shape index (κ2) is 8.62. The van der Waals surface area contributed by atoms with Gasteiger partial charge in [-0.3, -0.25) is 14.5 Å². The van der Waals surface area contributed by atoms with Crippen molar-refractivity contribution >= 4 is 11.8 Å². The first kappa shape index (κ1) is 18.8. The summed E-state index contributed by atoms with van der Waals surface area (Å²) in [5.74, 6) is -0.243. The van der Waals surface area contributed by atoms with Gasteiger partial charge in [-0.05, 0) is 37.8 Å². The summed E-state index contributed by atoms with van der Waals surface area (Å²) >= 11 is 0. The molecule has 6 heteroatoms. The van der Waals surface area contributed by atoms with Crippen molar-refractivity contribution in [3.05, 3.63) is 35.6 Å². The predicted molar refractivity (Wildman–Crippen MR) is 98.3 cm³/mol. The maximum absolute atomic E-state index is 13.9. The molecule has 1 N–H and O–H groups in total. The lowest BCUT2D eigenvalue weighted by molar-refractivity contribution is -0.129. The monoisotopic (exact) mass is 361 g/mol.